The van der Waals surface area contributed by atoms with E-state index in [9.17, 15) is 0 Å². The topological polar surface area (TPSA) is 0 Å². The molecular weight excluding hydrogens is 156 g/mol. The molecule has 1 rings (SSSR count). The highest BCUT2D eigenvalue weighted by atomic mass is 14.1. The van der Waals surface area contributed by atoms with Crippen LogP contribution in [-0.4, -0.2) is 0 Å². The second kappa shape index (κ2) is 5.06. The lowest BCUT2D eigenvalue weighted by molar-refractivity contribution is 0.624. The van der Waals surface area contributed by atoms with Gasteiger partial charge in [-0.05, 0) is 24.8 Å². The van der Waals surface area contributed by atoms with E-state index in [1.54, 1.807) is 0 Å². The molecule has 0 aliphatic heterocycles. The Labute approximate surface area is 82.0 Å². The van der Waals surface area contributed by atoms with Crippen molar-refractivity contribution >= 4 is 0 Å². The third-order valence-electron chi connectivity index (χ3n) is 2.60. The summed E-state index contributed by atoms with van der Waals surface area (Å²) >= 11 is 0. The van der Waals surface area contributed by atoms with Crippen LogP contribution in [0, 0.1) is 6.92 Å². The van der Waals surface area contributed by atoms with Gasteiger partial charge in [-0.15, -0.1) is 0 Å². The van der Waals surface area contributed by atoms with Gasteiger partial charge in [-0.3, -0.25) is 0 Å². The number of aryl methyl sites for hydroxylation is 1. The van der Waals surface area contributed by atoms with Gasteiger partial charge in [0.05, 0.1) is 0 Å². The van der Waals surface area contributed by atoms with Crippen LogP contribution in [-0.2, 0) is 0 Å². The number of unbranched alkanes of at least 4 members (excludes halogenated alkanes) is 1. The Morgan fingerprint density at radius 1 is 1.31 bits per heavy atom. The van der Waals surface area contributed by atoms with Crippen LogP contribution in [0.25, 0.3) is 0 Å². The molecule has 1 atom stereocenters. The van der Waals surface area contributed by atoms with E-state index in [2.05, 4.69) is 45.0 Å². The van der Waals surface area contributed by atoms with Crippen molar-refractivity contribution in [1.29, 1.82) is 0 Å². The molecule has 1 aromatic rings. The summed E-state index contributed by atoms with van der Waals surface area (Å²) in [6.07, 6.45) is 3.96. The summed E-state index contributed by atoms with van der Waals surface area (Å²) in [5.74, 6) is 0.722. The lowest BCUT2D eigenvalue weighted by atomic mass is 9.94. The van der Waals surface area contributed by atoms with Crippen molar-refractivity contribution in [2.75, 3.05) is 0 Å². The minimum Gasteiger partial charge on any atom is -0.0654 e. The molecule has 72 valence electrons. The van der Waals surface area contributed by atoms with Crippen LogP contribution in [0.5, 0.6) is 0 Å². The summed E-state index contributed by atoms with van der Waals surface area (Å²) < 4.78 is 0. The van der Waals surface area contributed by atoms with Gasteiger partial charge in [-0.1, -0.05) is 56.5 Å². The highest BCUT2D eigenvalue weighted by Gasteiger charge is 2.03. The second-order valence-corrected chi connectivity index (χ2v) is 3.96. The molecule has 0 N–H and O–H groups in total. The van der Waals surface area contributed by atoms with Gasteiger partial charge in [-0.2, -0.15) is 0 Å². The summed E-state index contributed by atoms with van der Waals surface area (Å²) in [7, 11) is 0. The summed E-state index contributed by atoms with van der Waals surface area (Å²) in [5, 5.41) is 0. The van der Waals surface area contributed by atoms with Crippen LogP contribution in [0.4, 0.5) is 0 Å². The predicted octanol–water partition coefficient (Wildman–Crippen LogP) is 4.29. The molecular formula is C13H20. The third kappa shape index (κ3) is 3.22. The van der Waals surface area contributed by atoms with Gasteiger partial charge >= 0.3 is 0 Å². The van der Waals surface area contributed by atoms with Crippen molar-refractivity contribution in [3.8, 4) is 0 Å². The molecule has 0 spiro atoms. The first-order valence-corrected chi connectivity index (χ1v) is 5.30. The molecule has 0 saturated carbocycles. The normalized spacial score (nSPS) is 12.8. The Hall–Kier alpha value is -0.780. The predicted molar refractivity (Wildman–Crippen MR) is 59.1 cm³/mol. The van der Waals surface area contributed by atoms with E-state index >= 15 is 0 Å². The second-order valence-electron chi connectivity index (χ2n) is 3.96. The lowest BCUT2D eigenvalue weighted by Gasteiger charge is -2.11. The zero-order valence-electron chi connectivity index (χ0n) is 9.01. The van der Waals surface area contributed by atoms with Crippen molar-refractivity contribution in [2.24, 2.45) is 0 Å². The highest BCUT2D eigenvalue weighted by Crippen LogP contribution is 2.21. The fraction of sp³-hybridized carbons (Fsp3) is 0.538. The minimum absolute atomic E-state index is 0.722. The average molecular weight is 176 g/mol. The Balaban J connectivity index is 2.60. The standard InChI is InChI=1S/C13H20/c1-4-5-8-12(3)13-9-6-7-11(2)10-13/h6-7,9-10,12H,4-5,8H2,1-3H3/t12-/m1/s1. The van der Waals surface area contributed by atoms with Crippen molar-refractivity contribution in [3.05, 3.63) is 35.4 Å². The Bertz CT molecular complexity index is 250. The first-order valence-electron chi connectivity index (χ1n) is 5.30. The zero-order valence-corrected chi connectivity index (χ0v) is 9.01. The highest BCUT2D eigenvalue weighted by molar-refractivity contribution is 5.24. The van der Waals surface area contributed by atoms with Gasteiger partial charge in [0.1, 0.15) is 0 Å². The maximum absolute atomic E-state index is 2.32. The monoisotopic (exact) mass is 176 g/mol. The van der Waals surface area contributed by atoms with Crippen LogP contribution >= 0.6 is 0 Å². The molecule has 1 aromatic carbocycles. The van der Waals surface area contributed by atoms with Crippen LogP contribution in [0.3, 0.4) is 0 Å². The van der Waals surface area contributed by atoms with Crippen LogP contribution in [0.15, 0.2) is 24.3 Å². The molecule has 0 aliphatic carbocycles. The molecule has 0 saturated heterocycles. The average Bonchev–Trinajstić information content (AvgIpc) is 2.14. The summed E-state index contributed by atoms with van der Waals surface area (Å²) in [6, 6.07) is 8.87. The first kappa shape index (κ1) is 10.3. The van der Waals surface area contributed by atoms with E-state index in [0.717, 1.165) is 5.92 Å². The Morgan fingerprint density at radius 3 is 2.69 bits per heavy atom. The minimum atomic E-state index is 0.722. The van der Waals surface area contributed by atoms with Crippen molar-refractivity contribution in [3.63, 3.8) is 0 Å². The van der Waals surface area contributed by atoms with Gasteiger partial charge in [0, 0.05) is 0 Å². The molecule has 0 aromatic heterocycles. The maximum atomic E-state index is 2.32. The zero-order chi connectivity index (χ0) is 9.68. The fourth-order valence-electron chi connectivity index (χ4n) is 1.65. The van der Waals surface area contributed by atoms with Crippen LogP contribution < -0.4 is 0 Å². The van der Waals surface area contributed by atoms with Gasteiger partial charge in [0.2, 0.25) is 0 Å². The van der Waals surface area contributed by atoms with Gasteiger partial charge in [0.25, 0.3) is 0 Å². The molecule has 0 fully saturated rings. The molecule has 0 radical (unpaired) electrons. The van der Waals surface area contributed by atoms with Crippen LogP contribution in [0.1, 0.15) is 50.2 Å². The molecule has 0 heteroatoms. The Morgan fingerprint density at radius 2 is 2.08 bits per heavy atom. The molecule has 13 heavy (non-hydrogen) atoms. The van der Waals surface area contributed by atoms with E-state index in [1.807, 2.05) is 0 Å². The van der Waals surface area contributed by atoms with E-state index in [-0.39, 0.29) is 0 Å². The first-order chi connectivity index (χ1) is 6.24. The number of rotatable bonds is 4. The quantitative estimate of drug-likeness (QED) is 0.642. The van der Waals surface area contributed by atoms with E-state index in [0.29, 0.717) is 0 Å². The van der Waals surface area contributed by atoms with Crippen molar-refractivity contribution < 1.29 is 0 Å². The van der Waals surface area contributed by atoms with E-state index < -0.39 is 0 Å². The maximum Gasteiger partial charge on any atom is -0.0190 e. The van der Waals surface area contributed by atoms with Crippen LogP contribution in [0.2, 0.25) is 0 Å². The molecule has 0 aliphatic rings. The summed E-state index contributed by atoms with van der Waals surface area (Å²) in [6.45, 7) is 6.74. The smallest absolute Gasteiger partial charge is 0.0190 e. The van der Waals surface area contributed by atoms with E-state index in [4.69, 9.17) is 0 Å². The molecule has 0 nitrogen and oxygen atoms in total. The summed E-state index contributed by atoms with van der Waals surface area (Å²) in [4.78, 5) is 0. The number of benzene rings is 1. The molecule has 0 heterocycles. The largest absolute Gasteiger partial charge is 0.0654 e. The van der Waals surface area contributed by atoms with Crippen molar-refractivity contribution in [1.82, 2.24) is 0 Å². The molecule has 0 unspecified atom stereocenters. The van der Waals surface area contributed by atoms with E-state index in [1.165, 1.54) is 30.4 Å². The third-order valence-corrected chi connectivity index (χ3v) is 2.60. The fourth-order valence-corrected chi connectivity index (χ4v) is 1.65. The SMILES string of the molecule is CCCC[C@@H](C)c1cccc(C)c1. The number of hydrogen-bond donors (Lipinski definition) is 0. The summed E-state index contributed by atoms with van der Waals surface area (Å²) in [5.41, 5.74) is 2.87. The molecule has 0 bridgehead atoms. The molecule has 0 amide bonds. The Kier molecular flexibility index (Phi) is 4.01. The van der Waals surface area contributed by atoms with Gasteiger partial charge in [0.15, 0.2) is 0 Å². The van der Waals surface area contributed by atoms with Gasteiger partial charge < -0.3 is 0 Å². The lowest BCUT2D eigenvalue weighted by Crippen LogP contribution is -1.93. The number of hydrogen-bond acceptors (Lipinski definition) is 0. The van der Waals surface area contributed by atoms with Crippen molar-refractivity contribution in [2.45, 2.75) is 46.0 Å². The van der Waals surface area contributed by atoms with Gasteiger partial charge in [-0.25, -0.2) is 0 Å².